The van der Waals surface area contributed by atoms with E-state index >= 15 is 4.39 Å². The molecule has 0 saturated carbocycles. The molecule has 4 rings (SSSR count). The maximum absolute atomic E-state index is 15.6. The third kappa shape index (κ3) is 5.22. The number of carbonyl (C=O) groups is 3. The molecule has 0 aromatic heterocycles. The summed E-state index contributed by atoms with van der Waals surface area (Å²) in [6.07, 6.45) is -1.60. The fourth-order valence-corrected chi connectivity index (χ4v) is 4.38. The minimum Gasteiger partial charge on any atom is -0.479 e. The quantitative estimate of drug-likeness (QED) is 0.164. The highest BCUT2D eigenvalue weighted by Crippen LogP contribution is 2.30. The molecule has 0 aliphatic carbocycles. The number of nitrogens with zero attached hydrogens (tertiary/aromatic N) is 2. The van der Waals surface area contributed by atoms with Crippen LogP contribution in [0.1, 0.15) is 45.5 Å². The van der Waals surface area contributed by atoms with Gasteiger partial charge in [-0.25, -0.2) is 13.6 Å². The smallest absolute Gasteiger partial charge is 0.341 e. The van der Waals surface area contributed by atoms with Gasteiger partial charge in [0.25, 0.3) is 11.8 Å². The van der Waals surface area contributed by atoms with E-state index in [4.69, 9.17) is 11.6 Å². The van der Waals surface area contributed by atoms with Crippen molar-refractivity contribution in [3.8, 4) is 11.1 Å². The van der Waals surface area contributed by atoms with Gasteiger partial charge in [-0.2, -0.15) is 0 Å². The van der Waals surface area contributed by atoms with Crippen LogP contribution in [-0.4, -0.2) is 50.9 Å². The van der Waals surface area contributed by atoms with Crippen molar-refractivity contribution in [1.82, 2.24) is 4.90 Å². The number of benzene rings is 3. The Morgan fingerprint density at radius 1 is 0.973 bits per heavy atom. The fraction of sp³-hybridized carbons (Fsp3) is 0.185. The number of oxime groups is 1. The van der Waals surface area contributed by atoms with Crippen LogP contribution in [0.5, 0.6) is 0 Å². The van der Waals surface area contributed by atoms with Crippen LogP contribution in [0.25, 0.3) is 11.1 Å². The van der Waals surface area contributed by atoms with Crippen LogP contribution in [0.4, 0.5) is 8.78 Å². The van der Waals surface area contributed by atoms with Gasteiger partial charge in [0.2, 0.25) is 5.67 Å². The molecule has 7 nitrogen and oxygen atoms in total. The lowest BCUT2D eigenvalue weighted by Gasteiger charge is -2.22. The van der Waals surface area contributed by atoms with Gasteiger partial charge in [-0.3, -0.25) is 14.5 Å². The number of alkyl halides is 1. The SMILES string of the molecule is O=C1c2ccccc2C(=O)N1CCCC(F)(CC(=NO)c1ccc(-c2ccc(Cl)cc2)c(F)c1)C(=O)O. The van der Waals surface area contributed by atoms with Crippen molar-refractivity contribution >= 4 is 35.1 Å². The molecule has 1 heterocycles. The van der Waals surface area contributed by atoms with Crippen molar-refractivity contribution in [3.63, 3.8) is 0 Å². The first-order chi connectivity index (χ1) is 17.6. The summed E-state index contributed by atoms with van der Waals surface area (Å²) in [5, 5.41) is 22.6. The standard InChI is InChI=1S/C27H21ClF2N2O5/c28-18-9-6-16(7-10-18)19-11-8-17(14-22(19)29)23(31-37)15-27(30,26(35)36)12-3-13-32-24(33)20-4-1-2-5-21(20)25(32)34/h1-2,4-11,14,37H,3,12-13,15H2,(H,35,36). The van der Waals surface area contributed by atoms with Crippen LogP contribution < -0.4 is 0 Å². The predicted octanol–water partition coefficient (Wildman–Crippen LogP) is 5.58. The Kier molecular flexibility index (Phi) is 7.35. The van der Waals surface area contributed by atoms with E-state index in [2.05, 4.69) is 5.16 Å². The van der Waals surface area contributed by atoms with Crippen LogP contribution in [0.3, 0.4) is 0 Å². The van der Waals surface area contributed by atoms with Gasteiger partial charge in [-0.15, -0.1) is 0 Å². The summed E-state index contributed by atoms with van der Waals surface area (Å²) in [6, 6.07) is 16.5. The minimum absolute atomic E-state index is 0.00124. The van der Waals surface area contributed by atoms with Gasteiger partial charge in [-0.05, 0) is 48.7 Å². The number of imide groups is 1. The van der Waals surface area contributed by atoms with E-state index in [0.717, 1.165) is 11.0 Å². The first kappa shape index (κ1) is 26.0. The second-order valence-corrected chi connectivity index (χ2v) is 9.04. The molecular formula is C27H21ClF2N2O5. The zero-order valence-electron chi connectivity index (χ0n) is 19.3. The van der Waals surface area contributed by atoms with Gasteiger partial charge in [0.05, 0.1) is 16.8 Å². The zero-order chi connectivity index (χ0) is 26.7. The van der Waals surface area contributed by atoms with E-state index in [1.807, 2.05) is 0 Å². The van der Waals surface area contributed by atoms with Crippen molar-refractivity contribution in [2.45, 2.75) is 24.9 Å². The monoisotopic (exact) mass is 526 g/mol. The van der Waals surface area contributed by atoms with E-state index in [-0.39, 0.29) is 40.9 Å². The highest BCUT2D eigenvalue weighted by atomic mass is 35.5. The molecule has 2 N–H and O–H groups in total. The molecule has 0 bridgehead atoms. The van der Waals surface area contributed by atoms with E-state index < -0.39 is 42.1 Å². The third-order valence-electron chi connectivity index (χ3n) is 6.24. The molecule has 37 heavy (non-hydrogen) atoms. The number of aliphatic carboxylic acids is 1. The normalized spacial score (nSPS) is 15.0. The lowest BCUT2D eigenvalue weighted by molar-refractivity contribution is -0.151. The zero-order valence-corrected chi connectivity index (χ0v) is 20.1. The first-order valence-corrected chi connectivity index (χ1v) is 11.7. The molecule has 10 heteroatoms. The number of carboxylic acids is 1. The molecule has 1 unspecified atom stereocenters. The fourth-order valence-electron chi connectivity index (χ4n) is 4.25. The molecule has 0 fully saturated rings. The van der Waals surface area contributed by atoms with E-state index in [0.29, 0.717) is 10.6 Å². The summed E-state index contributed by atoms with van der Waals surface area (Å²) in [5.74, 6) is -3.57. The largest absolute Gasteiger partial charge is 0.479 e. The van der Waals surface area contributed by atoms with Crippen molar-refractivity contribution in [1.29, 1.82) is 0 Å². The number of hydrogen-bond acceptors (Lipinski definition) is 5. The first-order valence-electron chi connectivity index (χ1n) is 11.3. The number of carboxylic acid groups (broad SMARTS) is 1. The van der Waals surface area contributed by atoms with Crippen molar-refractivity contribution in [3.05, 3.63) is 94.3 Å². The Labute approximate surface area is 215 Å². The lowest BCUT2D eigenvalue weighted by atomic mass is 9.90. The summed E-state index contributed by atoms with van der Waals surface area (Å²) >= 11 is 5.86. The highest BCUT2D eigenvalue weighted by molar-refractivity contribution is 6.30. The topological polar surface area (TPSA) is 107 Å². The van der Waals surface area contributed by atoms with E-state index in [1.165, 1.54) is 24.3 Å². The Balaban J connectivity index is 1.47. The molecule has 1 atom stereocenters. The van der Waals surface area contributed by atoms with Crippen molar-refractivity contribution in [2.24, 2.45) is 5.16 Å². The summed E-state index contributed by atoms with van der Waals surface area (Å²) in [5.41, 5.74) is -2.04. The number of halogens is 3. The van der Waals surface area contributed by atoms with Gasteiger partial charge >= 0.3 is 5.97 Å². The number of fused-ring (bicyclic) bond motifs is 1. The lowest BCUT2D eigenvalue weighted by Crippen LogP contribution is -2.38. The van der Waals surface area contributed by atoms with Crippen LogP contribution in [0.2, 0.25) is 5.02 Å². The summed E-state index contributed by atoms with van der Waals surface area (Å²) < 4.78 is 30.4. The molecule has 2 amide bonds. The number of rotatable bonds is 9. The molecule has 1 aliphatic rings. The van der Waals surface area contributed by atoms with Gasteiger partial charge in [0, 0.05) is 29.1 Å². The Bertz CT molecular complexity index is 1380. The number of amides is 2. The molecule has 3 aromatic rings. The maximum Gasteiger partial charge on any atom is 0.341 e. The molecule has 0 saturated heterocycles. The second-order valence-electron chi connectivity index (χ2n) is 8.61. The van der Waals surface area contributed by atoms with Gasteiger partial charge in [-0.1, -0.05) is 53.2 Å². The van der Waals surface area contributed by atoms with Crippen LogP contribution >= 0.6 is 11.6 Å². The van der Waals surface area contributed by atoms with Crippen LogP contribution in [0, 0.1) is 5.82 Å². The molecule has 0 spiro atoms. The Morgan fingerprint density at radius 2 is 1.59 bits per heavy atom. The van der Waals surface area contributed by atoms with Crippen molar-refractivity contribution in [2.75, 3.05) is 6.54 Å². The minimum atomic E-state index is -2.90. The maximum atomic E-state index is 15.6. The predicted molar refractivity (Wildman–Crippen MR) is 132 cm³/mol. The number of hydrogen-bond donors (Lipinski definition) is 2. The van der Waals surface area contributed by atoms with Gasteiger partial charge in [0.15, 0.2) is 0 Å². The Hall–Kier alpha value is -4.11. The van der Waals surface area contributed by atoms with Gasteiger partial charge in [0.1, 0.15) is 5.82 Å². The summed E-state index contributed by atoms with van der Waals surface area (Å²) in [7, 11) is 0. The average Bonchev–Trinajstić information content (AvgIpc) is 3.13. The summed E-state index contributed by atoms with van der Waals surface area (Å²) in [6.45, 7) is -0.193. The van der Waals surface area contributed by atoms with Crippen LogP contribution in [-0.2, 0) is 4.79 Å². The van der Waals surface area contributed by atoms with Crippen molar-refractivity contribution < 1.29 is 33.5 Å². The van der Waals surface area contributed by atoms with E-state index in [1.54, 1.807) is 36.4 Å². The van der Waals surface area contributed by atoms with Crippen LogP contribution in [0.15, 0.2) is 71.9 Å². The van der Waals surface area contributed by atoms with E-state index in [9.17, 15) is 29.1 Å². The molecular weight excluding hydrogens is 506 g/mol. The summed E-state index contributed by atoms with van der Waals surface area (Å²) in [4.78, 5) is 37.7. The highest BCUT2D eigenvalue weighted by Gasteiger charge is 2.41. The third-order valence-corrected chi connectivity index (χ3v) is 6.49. The Morgan fingerprint density at radius 3 is 2.14 bits per heavy atom. The molecule has 0 radical (unpaired) electrons. The number of carbonyl (C=O) groups excluding carboxylic acids is 2. The molecule has 3 aromatic carbocycles. The molecule has 190 valence electrons. The van der Waals surface area contributed by atoms with Gasteiger partial charge < -0.3 is 10.3 Å². The average molecular weight is 527 g/mol. The molecule has 1 aliphatic heterocycles. The second kappa shape index (κ2) is 10.5.